The molecule has 0 saturated carbocycles. The fourth-order valence-electron chi connectivity index (χ4n) is 1.45. The van der Waals surface area contributed by atoms with Crippen LogP contribution in [0.1, 0.15) is 0 Å². The van der Waals surface area contributed by atoms with E-state index >= 15 is 0 Å². The summed E-state index contributed by atoms with van der Waals surface area (Å²) in [6.45, 7) is 0. The molecule has 7 heteroatoms. The van der Waals surface area contributed by atoms with Gasteiger partial charge in [0.1, 0.15) is 0 Å². The summed E-state index contributed by atoms with van der Waals surface area (Å²) in [7, 11) is -8.43. The van der Waals surface area contributed by atoms with Crippen LogP contribution in [0.15, 0.2) is 35.2 Å². The van der Waals surface area contributed by atoms with Crippen LogP contribution in [0.4, 0.5) is 0 Å². The maximum Gasteiger partial charge on any atom is 0.192 e. The van der Waals surface area contributed by atoms with E-state index in [2.05, 4.69) is 0 Å². The summed E-state index contributed by atoms with van der Waals surface area (Å²) in [5, 5.41) is 0. The molecule has 0 radical (unpaired) electrons. The van der Waals surface area contributed by atoms with E-state index in [1.807, 2.05) is 0 Å². The van der Waals surface area contributed by atoms with E-state index in [0.717, 1.165) is 12.5 Å². The Morgan fingerprint density at radius 2 is 1.35 bits per heavy atom. The minimum absolute atomic E-state index is 0.406. The van der Waals surface area contributed by atoms with Gasteiger partial charge in [-0.05, 0) is 18.4 Å². The summed E-state index contributed by atoms with van der Waals surface area (Å²) in [6, 6.07) is 8.74. The van der Waals surface area contributed by atoms with Crippen LogP contribution in [0.3, 0.4) is 0 Å². The van der Waals surface area contributed by atoms with Gasteiger partial charge in [-0.3, -0.25) is 0 Å². The molecule has 0 aliphatic rings. The second-order valence-corrected chi connectivity index (χ2v) is 10.2. The predicted octanol–water partition coefficient (Wildman–Crippen LogP) is 1.12. The molecule has 1 aromatic rings. The zero-order chi connectivity index (χ0) is 13.3. The molecule has 1 aromatic carbocycles. The molecule has 0 spiro atoms. The third-order valence-corrected chi connectivity index (χ3v) is 9.78. The Balaban J connectivity index is 3.65. The van der Waals surface area contributed by atoms with Crippen LogP contribution < -0.4 is 0 Å². The summed E-state index contributed by atoms with van der Waals surface area (Å²) in [5.41, 5.74) is 0. The van der Waals surface area contributed by atoms with Gasteiger partial charge < -0.3 is 0 Å². The van der Waals surface area contributed by atoms with Gasteiger partial charge in [-0.25, -0.2) is 16.8 Å². The Bertz CT molecular complexity index is 606. The first-order valence-electron chi connectivity index (χ1n) is 4.62. The molecule has 0 aromatic heterocycles. The van der Waals surface area contributed by atoms with Crippen LogP contribution in [-0.2, 0) is 19.7 Å². The Morgan fingerprint density at radius 1 is 0.941 bits per heavy atom. The van der Waals surface area contributed by atoms with Crippen molar-refractivity contribution in [1.29, 1.82) is 0 Å². The maximum absolute atomic E-state index is 11.6. The molecule has 1 rings (SSSR count). The van der Waals surface area contributed by atoms with Crippen molar-refractivity contribution in [3.8, 4) is 0 Å². The molecule has 1 unspecified atom stereocenters. The van der Waals surface area contributed by atoms with E-state index in [1.165, 1.54) is 0 Å². The molecule has 96 valence electrons. The summed E-state index contributed by atoms with van der Waals surface area (Å²) in [6.07, 6.45) is 3.46. The van der Waals surface area contributed by atoms with Gasteiger partial charge in [-0.2, -0.15) is 0 Å². The molecule has 0 aliphatic heterocycles. The number of rotatable bonds is 1. The Labute approximate surface area is 104 Å². The first-order chi connectivity index (χ1) is 7.64. The van der Waals surface area contributed by atoms with E-state index < -0.39 is 33.7 Å². The lowest BCUT2D eigenvalue weighted by Crippen LogP contribution is -2.22. The van der Waals surface area contributed by atoms with Gasteiger partial charge in [0.2, 0.25) is 0 Å². The lowest BCUT2D eigenvalue weighted by atomic mass is 10.4. The fraction of sp³-hybridized carbons (Fsp3) is 0.300. The van der Waals surface area contributed by atoms with Crippen LogP contribution in [0, 0.1) is 0 Å². The number of sulfone groups is 2. The van der Waals surface area contributed by atoms with Crippen molar-refractivity contribution in [2.24, 2.45) is 0 Å². The SMILES string of the molecule is CS(=C(S(C)(=O)=O)S(C)(=O)=O)c1ccccc1. The highest BCUT2D eigenvalue weighted by Crippen LogP contribution is 2.27. The monoisotopic (exact) mass is 294 g/mol. The molecule has 0 bridgehead atoms. The molecule has 4 nitrogen and oxygen atoms in total. The topological polar surface area (TPSA) is 68.3 Å². The molecular formula is C10H14O4S3. The standard InChI is InChI=1S/C10H14O4S3/c1-15(9-7-5-4-6-8-9)10(16(2,11)12)17(3,13)14/h4-8H,1-3H3. The average molecular weight is 294 g/mol. The van der Waals surface area contributed by atoms with Crippen LogP contribution in [0.25, 0.3) is 0 Å². The van der Waals surface area contributed by atoms with E-state index in [9.17, 15) is 16.8 Å². The van der Waals surface area contributed by atoms with Gasteiger partial charge in [0.05, 0.1) is 0 Å². The largest absolute Gasteiger partial charge is 0.223 e. The number of hydrogen-bond acceptors (Lipinski definition) is 4. The predicted molar refractivity (Wildman–Crippen MR) is 72.9 cm³/mol. The van der Waals surface area contributed by atoms with Gasteiger partial charge in [-0.1, -0.05) is 18.2 Å². The molecule has 0 fully saturated rings. The Morgan fingerprint density at radius 3 is 1.71 bits per heavy atom. The van der Waals surface area contributed by atoms with Crippen molar-refractivity contribution in [3.05, 3.63) is 30.3 Å². The summed E-state index contributed by atoms with van der Waals surface area (Å²) in [5.74, 6) is 0. The molecule has 0 heterocycles. The first-order valence-corrected chi connectivity index (χ1v) is 10.0. The molecule has 17 heavy (non-hydrogen) atoms. The van der Waals surface area contributed by atoms with Gasteiger partial charge in [0, 0.05) is 17.4 Å². The quantitative estimate of drug-likeness (QED) is 0.728. The fourth-order valence-corrected chi connectivity index (χ4v) is 8.62. The second-order valence-electron chi connectivity index (χ2n) is 3.62. The number of benzene rings is 1. The Kier molecular flexibility index (Phi) is 4.16. The number of hydrogen-bond donors (Lipinski definition) is 0. The van der Waals surface area contributed by atoms with Crippen molar-refractivity contribution in [1.82, 2.24) is 0 Å². The lowest BCUT2D eigenvalue weighted by Gasteiger charge is -2.09. The smallest absolute Gasteiger partial charge is 0.192 e. The van der Waals surface area contributed by atoms with E-state index in [4.69, 9.17) is 0 Å². The van der Waals surface area contributed by atoms with E-state index in [0.29, 0.717) is 4.90 Å². The molecule has 0 amide bonds. The summed E-state index contributed by atoms with van der Waals surface area (Å²) >= 11 is 0. The average Bonchev–Trinajstić information content (AvgIpc) is 2.14. The van der Waals surface area contributed by atoms with Crippen LogP contribution in [0.5, 0.6) is 0 Å². The molecule has 0 saturated heterocycles. The first kappa shape index (κ1) is 14.4. The summed E-state index contributed by atoms with van der Waals surface area (Å²) < 4.78 is 45.9. The second kappa shape index (κ2) is 4.91. The minimum atomic E-state index is -3.73. The van der Waals surface area contributed by atoms with E-state index in [-0.39, 0.29) is 0 Å². The van der Waals surface area contributed by atoms with Gasteiger partial charge >= 0.3 is 0 Å². The minimum Gasteiger partial charge on any atom is -0.223 e. The van der Waals surface area contributed by atoms with Crippen molar-refractivity contribution >= 4 is 33.7 Å². The molecular weight excluding hydrogens is 280 g/mol. The van der Waals surface area contributed by atoms with Crippen molar-refractivity contribution < 1.29 is 16.8 Å². The Hall–Kier alpha value is -0.660. The van der Waals surface area contributed by atoms with Crippen molar-refractivity contribution in [2.75, 3.05) is 18.8 Å². The van der Waals surface area contributed by atoms with Crippen LogP contribution in [0.2, 0.25) is 0 Å². The third-order valence-electron chi connectivity index (χ3n) is 1.95. The zero-order valence-electron chi connectivity index (χ0n) is 9.74. The van der Waals surface area contributed by atoms with Crippen LogP contribution >= 0.6 is 10.5 Å². The van der Waals surface area contributed by atoms with Crippen molar-refractivity contribution in [3.63, 3.8) is 0 Å². The molecule has 0 N–H and O–H groups in total. The van der Waals surface area contributed by atoms with E-state index in [1.54, 1.807) is 36.6 Å². The normalized spacial score (nSPS) is 14.3. The van der Waals surface area contributed by atoms with Crippen LogP contribution in [-0.4, -0.2) is 39.1 Å². The highest BCUT2D eigenvalue weighted by atomic mass is 32.3. The molecule has 0 aliphatic carbocycles. The molecule has 1 atom stereocenters. The lowest BCUT2D eigenvalue weighted by molar-refractivity contribution is 0.609. The third kappa shape index (κ3) is 3.65. The highest BCUT2D eigenvalue weighted by Gasteiger charge is 2.25. The van der Waals surface area contributed by atoms with Gasteiger partial charge in [0.15, 0.2) is 23.2 Å². The van der Waals surface area contributed by atoms with Crippen molar-refractivity contribution in [2.45, 2.75) is 4.90 Å². The van der Waals surface area contributed by atoms with Gasteiger partial charge in [-0.15, -0.1) is 10.5 Å². The highest BCUT2D eigenvalue weighted by molar-refractivity contribution is 8.47. The summed E-state index contributed by atoms with van der Waals surface area (Å²) in [4.78, 5) is 0.693. The maximum atomic E-state index is 11.6. The zero-order valence-corrected chi connectivity index (χ0v) is 12.2. The van der Waals surface area contributed by atoms with Gasteiger partial charge in [0.25, 0.3) is 0 Å².